The first-order chi connectivity index (χ1) is 10.2. The van der Waals surface area contributed by atoms with Gasteiger partial charge in [-0.1, -0.05) is 31.0 Å². The number of halogens is 1. The van der Waals surface area contributed by atoms with Crippen molar-refractivity contribution < 1.29 is 0 Å². The molecule has 0 aromatic heterocycles. The lowest BCUT2D eigenvalue weighted by Gasteiger charge is -2.36. The first-order valence-electron chi connectivity index (χ1n) is 7.88. The Morgan fingerprint density at radius 1 is 1.43 bits per heavy atom. The normalized spacial score (nSPS) is 19.4. The molecule has 1 aromatic rings. The molecule has 0 spiro atoms. The average molecular weight is 306 g/mol. The quantitative estimate of drug-likeness (QED) is 0.817. The molecule has 0 radical (unpaired) electrons. The van der Waals surface area contributed by atoms with Crippen LogP contribution in [0.25, 0.3) is 0 Å². The van der Waals surface area contributed by atoms with Crippen molar-refractivity contribution in [2.75, 3.05) is 19.6 Å². The zero-order chi connectivity index (χ0) is 15.1. The van der Waals surface area contributed by atoms with Crippen molar-refractivity contribution in [1.82, 2.24) is 10.2 Å². The Balaban J connectivity index is 2.00. The van der Waals surface area contributed by atoms with Crippen LogP contribution in [-0.4, -0.2) is 30.6 Å². The van der Waals surface area contributed by atoms with Crippen LogP contribution < -0.4 is 5.32 Å². The van der Waals surface area contributed by atoms with E-state index in [1.54, 1.807) is 6.07 Å². The van der Waals surface area contributed by atoms with Crippen molar-refractivity contribution >= 4 is 11.6 Å². The van der Waals surface area contributed by atoms with E-state index >= 15 is 0 Å². The third-order valence-electron chi connectivity index (χ3n) is 4.11. The van der Waals surface area contributed by atoms with Gasteiger partial charge in [0.15, 0.2) is 0 Å². The lowest BCUT2D eigenvalue weighted by atomic mass is 10.0. The number of hydrogen-bond acceptors (Lipinski definition) is 3. The van der Waals surface area contributed by atoms with E-state index < -0.39 is 0 Å². The molecule has 1 unspecified atom stereocenters. The van der Waals surface area contributed by atoms with E-state index in [1.165, 1.54) is 25.7 Å². The topological polar surface area (TPSA) is 39.1 Å². The highest BCUT2D eigenvalue weighted by atomic mass is 35.5. The number of piperidine rings is 1. The molecule has 2 rings (SSSR count). The van der Waals surface area contributed by atoms with Crippen LogP contribution in [0.1, 0.15) is 43.7 Å². The summed E-state index contributed by atoms with van der Waals surface area (Å²) in [5.74, 6) is 0. The maximum atomic E-state index is 8.91. The van der Waals surface area contributed by atoms with Crippen LogP contribution >= 0.6 is 11.6 Å². The monoisotopic (exact) mass is 305 g/mol. The zero-order valence-electron chi connectivity index (χ0n) is 12.7. The number of benzene rings is 1. The second kappa shape index (κ2) is 8.38. The first kappa shape index (κ1) is 16.3. The van der Waals surface area contributed by atoms with E-state index in [0.29, 0.717) is 16.6 Å². The van der Waals surface area contributed by atoms with Gasteiger partial charge in [0.25, 0.3) is 0 Å². The number of likely N-dealkylation sites (tertiary alicyclic amines) is 1. The minimum atomic E-state index is 0.594. The van der Waals surface area contributed by atoms with Crippen molar-refractivity contribution in [2.24, 2.45) is 0 Å². The first-order valence-corrected chi connectivity index (χ1v) is 8.25. The summed E-state index contributed by atoms with van der Waals surface area (Å²) < 4.78 is 0. The van der Waals surface area contributed by atoms with Crippen LogP contribution in [0.15, 0.2) is 18.2 Å². The molecule has 1 heterocycles. The lowest BCUT2D eigenvalue weighted by molar-refractivity contribution is 0.137. The van der Waals surface area contributed by atoms with Gasteiger partial charge in [-0.15, -0.1) is 0 Å². The highest BCUT2D eigenvalue weighted by Crippen LogP contribution is 2.24. The van der Waals surface area contributed by atoms with Crippen molar-refractivity contribution in [2.45, 2.75) is 45.2 Å². The minimum absolute atomic E-state index is 0.594. The molecule has 3 nitrogen and oxygen atoms in total. The Kier molecular flexibility index (Phi) is 6.50. The van der Waals surface area contributed by atoms with Gasteiger partial charge in [0.05, 0.1) is 11.6 Å². The highest BCUT2D eigenvalue weighted by molar-refractivity contribution is 6.31. The van der Waals surface area contributed by atoms with Gasteiger partial charge in [-0.2, -0.15) is 5.26 Å². The maximum absolute atomic E-state index is 8.91. The Hall–Kier alpha value is -1.08. The van der Waals surface area contributed by atoms with Crippen LogP contribution in [0.3, 0.4) is 0 Å². The molecule has 1 aliphatic heterocycles. The second-order valence-electron chi connectivity index (χ2n) is 5.74. The summed E-state index contributed by atoms with van der Waals surface area (Å²) in [6.07, 6.45) is 5.01. The fourth-order valence-electron chi connectivity index (χ4n) is 2.91. The molecule has 0 aliphatic carbocycles. The largest absolute Gasteiger partial charge is 0.315 e. The number of nitriles is 1. The summed E-state index contributed by atoms with van der Waals surface area (Å²) >= 11 is 6.31. The van der Waals surface area contributed by atoms with Gasteiger partial charge in [0, 0.05) is 24.2 Å². The standard InChI is InChI=1S/C17H24ClN3/c1-2-8-20-12-16-5-3-4-9-21(16)13-15-7-6-14(11-19)10-17(15)18/h6-7,10,16,20H,2-5,8-9,12-13H2,1H3. The molecule has 0 saturated carbocycles. The van der Waals surface area contributed by atoms with Crippen molar-refractivity contribution in [3.63, 3.8) is 0 Å². The second-order valence-corrected chi connectivity index (χ2v) is 6.15. The molecule has 1 aromatic carbocycles. The van der Waals surface area contributed by atoms with Gasteiger partial charge < -0.3 is 5.32 Å². The van der Waals surface area contributed by atoms with Crippen LogP contribution in [0, 0.1) is 11.3 Å². The van der Waals surface area contributed by atoms with E-state index in [-0.39, 0.29) is 0 Å². The Bertz CT molecular complexity index is 495. The smallest absolute Gasteiger partial charge is 0.0992 e. The lowest BCUT2D eigenvalue weighted by Crippen LogP contribution is -2.45. The van der Waals surface area contributed by atoms with E-state index in [0.717, 1.165) is 31.7 Å². The summed E-state index contributed by atoms with van der Waals surface area (Å²) in [7, 11) is 0. The SMILES string of the molecule is CCCNCC1CCCCN1Cc1ccc(C#N)cc1Cl. The molecular formula is C17H24ClN3. The Morgan fingerprint density at radius 2 is 2.29 bits per heavy atom. The Morgan fingerprint density at radius 3 is 3.00 bits per heavy atom. The number of rotatable bonds is 6. The number of hydrogen-bond donors (Lipinski definition) is 1. The van der Waals surface area contributed by atoms with Crippen molar-refractivity contribution in [1.29, 1.82) is 5.26 Å². The van der Waals surface area contributed by atoms with Crippen LogP contribution in [0.4, 0.5) is 0 Å². The highest BCUT2D eigenvalue weighted by Gasteiger charge is 2.22. The third-order valence-corrected chi connectivity index (χ3v) is 4.46. The van der Waals surface area contributed by atoms with Gasteiger partial charge in [-0.3, -0.25) is 4.90 Å². The van der Waals surface area contributed by atoms with E-state index in [4.69, 9.17) is 16.9 Å². The van der Waals surface area contributed by atoms with Crippen LogP contribution in [0.2, 0.25) is 5.02 Å². The zero-order valence-corrected chi connectivity index (χ0v) is 13.5. The predicted molar refractivity (Wildman–Crippen MR) is 87.4 cm³/mol. The third kappa shape index (κ3) is 4.71. The van der Waals surface area contributed by atoms with Gasteiger partial charge in [-0.05, 0) is 50.0 Å². The molecule has 4 heteroatoms. The van der Waals surface area contributed by atoms with E-state index in [2.05, 4.69) is 23.2 Å². The van der Waals surface area contributed by atoms with Gasteiger partial charge in [-0.25, -0.2) is 0 Å². The molecule has 114 valence electrons. The van der Waals surface area contributed by atoms with Crippen molar-refractivity contribution in [3.05, 3.63) is 34.3 Å². The van der Waals surface area contributed by atoms with Crippen LogP contribution in [-0.2, 0) is 6.54 Å². The Labute approximate surface area is 132 Å². The predicted octanol–water partition coefficient (Wildman–Crippen LogP) is 3.57. The molecule has 1 N–H and O–H groups in total. The molecule has 1 atom stereocenters. The summed E-state index contributed by atoms with van der Waals surface area (Å²) in [6.45, 7) is 6.35. The molecule has 21 heavy (non-hydrogen) atoms. The van der Waals surface area contributed by atoms with Gasteiger partial charge in [0.2, 0.25) is 0 Å². The maximum Gasteiger partial charge on any atom is 0.0992 e. The van der Waals surface area contributed by atoms with Crippen LogP contribution in [0.5, 0.6) is 0 Å². The molecule has 0 amide bonds. The fraction of sp³-hybridized carbons (Fsp3) is 0.588. The molecule has 1 fully saturated rings. The summed E-state index contributed by atoms with van der Waals surface area (Å²) in [5, 5.41) is 13.2. The average Bonchev–Trinajstić information content (AvgIpc) is 2.51. The summed E-state index contributed by atoms with van der Waals surface area (Å²) in [4.78, 5) is 2.53. The summed E-state index contributed by atoms with van der Waals surface area (Å²) in [6, 6.07) is 8.35. The number of nitrogens with zero attached hydrogens (tertiary/aromatic N) is 2. The summed E-state index contributed by atoms with van der Waals surface area (Å²) in [5.41, 5.74) is 1.75. The van der Waals surface area contributed by atoms with Gasteiger partial charge >= 0.3 is 0 Å². The molecular weight excluding hydrogens is 282 g/mol. The molecule has 1 aliphatic rings. The molecule has 1 saturated heterocycles. The van der Waals surface area contributed by atoms with Crippen molar-refractivity contribution in [3.8, 4) is 6.07 Å². The number of nitrogens with one attached hydrogen (secondary N) is 1. The van der Waals surface area contributed by atoms with E-state index in [1.807, 2.05) is 12.1 Å². The minimum Gasteiger partial charge on any atom is -0.315 e. The fourth-order valence-corrected chi connectivity index (χ4v) is 3.15. The molecule has 0 bridgehead atoms. The van der Waals surface area contributed by atoms with E-state index in [9.17, 15) is 0 Å². The van der Waals surface area contributed by atoms with Gasteiger partial charge in [0.1, 0.15) is 0 Å².